The molecule has 30 heavy (non-hydrogen) atoms. The number of benzene rings is 1. The van der Waals surface area contributed by atoms with Crippen LogP contribution in [0.5, 0.6) is 0 Å². The van der Waals surface area contributed by atoms with Crippen LogP contribution in [-0.2, 0) is 0 Å². The Bertz CT molecular complexity index is 725. The van der Waals surface area contributed by atoms with Crippen molar-refractivity contribution in [2.45, 2.75) is 60.7 Å². The number of H-pyrrole nitrogens is 1. The SMILES string of the molecule is CC.CC.CC.Cc1cnc(/C=C\C(=N)SN[C@H](c2ccc(F)cc2)C(F)(F)F)[nH]1. The largest absolute Gasteiger partial charge is 0.408 e. The van der Waals surface area contributed by atoms with Crippen molar-refractivity contribution < 1.29 is 17.6 Å². The van der Waals surface area contributed by atoms with Crippen molar-refractivity contribution >= 4 is 23.1 Å². The van der Waals surface area contributed by atoms with Gasteiger partial charge >= 0.3 is 6.18 Å². The summed E-state index contributed by atoms with van der Waals surface area (Å²) in [5.41, 5.74) is 0.704. The molecular weight excluding hydrogens is 416 g/mol. The van der Waals surface area contributed by atoms with Crippen molar-refractivity contribution in [3.8, 4) is 0 Å². The first-order chi connectivity index (χ1) is 14.3. The number of aromatic amines is 1. The van der Waals surface area contributed by atoms with E-state index in [1.54, 1.807) is 6.20 Å². The van der Waals surface area contributed by atoms with Crippen molar-refractivity contribution in [1.82, 2.24) is 14.7 Å². The number of nitrogens with zero attached hydrogens (tertiary/aromatic N) is 1. The summed E-state index contributed by atoms with van der Waals surface area (Å²) in [4.78, 5) is 6.91. The maximum Gasteiger partial charge on any atom is 0.408 e. The normalized spacial score (nSPS) is 11.3. The molecule has 2 rings (SSSR count). The van der Waals surface area contributed by atoms with E-state index in [-0.39, 0.29) is 10.6 Å². The highest BCUT2D eigenvalue weighted by Gasteiger charge is 2.40. The van der Waals surface area contributed by atoms with Gasteiger partial charge in [0.05, 0.1) is 0 Å². The van der Waals surface area contributed by atoms with E-state index in [4.69, 9.17) is 5.41 Å². The minimum Gasteiger partial charge on any atom is -0.343 e. The Hall–Kier alpha value is -2.13. The Morgan fingerprint density at radius 1 is 1.10 bits per heavy atom. The van der Waals surface area contributed by atoms with Crippen LogP contribution >= 0.6 is 11.9 Å². The number of hydrogen-bond acceptors (Lipinski definition) is 4. The molecular formula is C21H32F4N4S. The van der Waals surface area contributed by atoms with E-state index in [1.807, 2.05) is 48.5 Å². The standard InChI is InChI=1S/C15H14F4N4S.3C2H6/c1-9-8-21-13(22-9)7-6-12(20)24-23-14(15(17,18)19)10-2-4-11(16)5-3-10;3*1-2/h2-8,14,20,23H,1H3,(H,21,22);3*1-2H3/b7-6-,20-12?;;;/t14-;;;/m1.../s1. The third kappa shape index (κ3) is 11.8. The average Bonchev–Trinajstić information content (AvgIpc) is 3.16. The van der Waals surface area contributed by atoms with Crippen molar-refractivity contribution in [2.75, 3.05) is 0 Å². The van der Waals surface area contributed by atoms with Gasteiger partial charge in [-0.25, -0.2) is 14.1 Å². The zero-order valence-corrected chi connectivity index (χ0v) is 19.3. The first-order valence-electron chi connectivity index (χ1n) is 9.78. The molecule has 2 aromatic rings. The number of alkyl halides is 3. The van der Waals surface area contributed by atoms with Crippen LogP contribution in [0.1, 0.15) is 64.7 Å². The molecule has 1 heterocycles. The zero-order chi connectivity index (χ0) is 23.7. The van der Waals surface area contributed by atoms with Crippen LogP contribution in [0.4, 0.5) is 17.6 Å². The molecule has 9 heteroatoms. The number of hydrogen-bond donors (Lipinski definition) is 3. The van der Waals surface area contributed by atoms with Crippen molar-refractivity contribution in [1.29, 1.82) is 5.41 Å². The van der Waals surface area contributed by atoms with E-state index in [0.717, 1.165) is 30.0 Å². The van der Waals surface area contributed by atoms with E-state index in [2.05, 4.69) is 14.7 Å². The number of imidazole rings is 1. The number of nitrogens with one attached hydrogen (secondary N) is 3. The first-order valence-corrected chi connectivity index (χ1v) is 10.6. The maximum atomic E-state index is 13.1. The van der Waals surface area contributed by atoms with Gasteiger partial charge in [0.15, 0.2) is 0 Å². The van der Waals surface area contributed by atoms with Gasteiger partial charge in [0.2, 0.25) is 0 Å². The Labute approximate surface area is 181 Å². The molecule has 0 saturated carbocycles. The highest BCUT2D eigenvalue weighted by atomic mass is 32.2. The predicted octanol–water partition coefficient (Wildman–Crippen LogP) is 7.47. The van der Waals surface area contributed by atoms with Gasteiger partial charge in [-0.1, -0.05) is 53.7 Å². The molecule has 1 aromatic carbocycles. The fraction of sp³-hybridized carbons (Fsp3) is 0.429. The third-order valence-corrected chi connectivity index (χ3v) is 3.64. The highest BCUT2D eigenvalue weighted by molar-refractivity contribution is 8.12. The highest BCUT2D eigenvalue weighted by Crippen LogP contribution is 2.34. The van der Waals surface area contributed by atoms with Gasteiger partial charge in [0, 0.05) is 11.9 Å². The molecule has 0 aliphatic heterocycles. The third-order valence-electron chi connectivity index (χ3n) is 2.93. The second kappa shape index (κ2) is 16.6. The van der Waals surface area contributed by atoms with Crippen molar-refractivity contribution in [3.63, 3.8) is 0 Å². The second-order valence-electron chi connectivity index (χ2n) is 4.90. The molecule has 1 aromatic heterocycles. The molecule has 1 atom stereocenters. The zero-order valence-electron chi connectivity index (χ0n) is 18.5. The van der Waals surface area contributed by atoms with Crippen LogP contribution in [0.15, 0.2) is 36.5 Å². The summed E-state index contributed by atoms with van der Waals surface area (Å²) in [5, 5.41) is 7.56. The van der Waals surface area contributed by atoms with Gasteiger partial charge in [-0.3, -0.25) is 5.41 Å². The van der Waals surface area contributed by atoms with Gasteiger partial charge in [-0.2, -0.15) is 13.2 Å². The number of aryl methyl sites for hydroxylation is 1. The fourth-order valence-corrected chi connectivity index (χ4v) is 2.46. The summed E-state index contributed by atoms with van der Waals surface area (Å²) in [6.07, 6.45) is -0.158. The van der Waals surface area contributed by atoms with Crippen LogP contribution < -0.4 is 4.72 Å². The van der Waals surface area contributed by atoms with E-state index in [0.29, 0.717) is 17.8 Å². The van der Waals surface area contributed by atoms with Crippen LogP contribution in [0, 0.1) is 18.2 Å². The molecule has 170 valence electrons. The fourth-order valence-electron chi connectivity index (χ4n) is 1.81. The Morgan fingerprint density at radius 2 is 1.63 bits per heavy atom. The van der Waals surface area contributed by atoms with Crippen LogP contribution in [0.3, 0.4) is 0 Å². The summed E-state index contributed by atoms with van der Waals surface area (Å²) >= 11 is 0.528. The molecule has 0 radical (unpaired) electrons. The van der Waals surface area contributed by atoms with Gasteiger partial charge in [0.1, 0.15) is 22.7 Å². The lowest BCUT2D eigenvalue weighted by atomic mass is 10.1. The molecule has 0 amide bonds. The molecule has 0 saturated heterocycles. The molecule has 0 fully saturated rings. The predicted molar refractivity (Wildman–Crippen MR) is 120 cm³/mol. The molecule has 0 spiro atoms. The van der Waals surface area contributed by atoms with E-state index in [9.17, 15) is 17.6 Å². The van der Waals surface area contributed by atoms with E-state index >= 15 is 0 Å². The molecule has 0 aliphatic carbocycles. The average molecular weight is 449 g/mol. The van der Waals surface area contributed by atoms with E-state index in [1.165, 1.54) is 12.2 Å². The maximum absolute atomic E-state index is 13.1. The monoisotopic (exact) mass is 448 g/mol. The van der Waals surface area contributed by atoms with Gasteiger partial charge in [-0.15, -0.1) is 0 Å². The lowest BCUT2D eigenvalue weighted by Crippen LogP contribution is -2.30. The summed E-state index contributed by atoms with van der Waals surface area (Å²) < 4.78 is 54.5. The van der Waals surface area contributed by atoms with E-state index < -0.39 is 18.0 Å². The van der Waals surface area contributed by atoms with Crippen molar-refractivity contribution in [3.05, 3.63) is 59.4 Å². The van der Waals surface area contributed by atoms with Crippen LogP contribution in [0.25, 0.3) is 6.08 Å². The van der Waals surface area contributed by atoms with Crippen LogP contribution in [0.2, 0.25) is 0 Å². The lowest BCUT2D eigenvalue weighted by Gasteiger charge is -2.21. The van der Waals surface area contributed by atoms with Crippen LogP contribution in [-0.4, -0.2) is 21.2 Å². The Kier molecular flexibility index (Phi) is 16.7. The minimum absolute atomic E-state index is 0.125. The minimum atomic E-state index is -4.58. The van der Waals surface area contributed by atoms with Gasteiger partial charge < -0.3 is 4.98 Å². The molecule has 0 aliphatic rings. The first kappa shape index (κ1) is 30.1. The molecule has 0 unspecified atom stereocenters. The van der Waals surface area contributed by atoms with Crippen molar-refractivity contribution in [2.24, 2.45) is 0 Å². The Balaban J connectivity index is 0. The summed E-state index contributed by atoms with van der Waals surface area (Å²) in [6.45, 7) is 13.8. The molecule has 3 N–H and O–H groups in total. The second-order valence-corrected chi connectivity index (χ2v) is 5.77. The smallest absolute Gasteiger partial charge is 0.343 e. The quantitative estimate of drug-likeness (QED) is 0.192. The molecule has 4 nitrogen and oxygen atoms in total. The number of aromatic nitrogens is 2. The topological polar surface area (TPSA) is 64.6 Å². The summed E-state index contributed by atoms with van der Waals surface area (Å²) in [7, 11) is 0. The number of halogens is 4. The van der Waals surface area contributed by atoms with Gasteiger partial charge in [-0.05, 0) is 48.7 Å². The van der Waals surface area contributed by atoms with Gasteiger partial charge in [0.25, 0.3) is 0 Å². The lowest BCUT2D eigenvalue weighted by molar-refractivity contribution is -0.152. The summed E-state index contributed by atoms with van der Waals surface area (Å²) in [5.74, 6) is -0.111. The number of rotatable bonds is 5. The summed E-state index contributed by atoms with van der Waals surface area (Å²) in [6, 6.07) is 2.04. The molecule has 0 bridgehead atoms. The Morgan fingerprint density at radius 3 is 2.07 bits per heavy atom.